The van der Waals surface area contributed by atoms with Gasteiger partial charge in [0.2, 0.25) is 0 Å². The summed E-state index contributed by atoms with van der Waals surface area (Å²) in [5.74, 6) is -0.673. The molecule has 0 bridgehead atoms. The highest BCUT2D eigenvalue weighted by Gasteiger charge is 2.16. The molecule has 24 heavy (non-hydrogen) atoms. The predicted molar refractivity (Wildman–Crippen MR) is 87.8 cm³/mol. The van der Waals surface area contributed by atoms with Gasteiger partial charge in [-0.25, -0.2) is 22.5 Å². The Labute approximate surface area is 143 Å². The van der Waals surface area contributed by atoms with E-state index in [9.17, 15) is 12.8 Å². The first-order valence-electron chi connectivity index (χ1n) is 6.83. The van der Waals surface area contributed by atoms with Crippen LogP contribution in [0.15, 0.2) is 60.0 Å². The minimum Gasteiger partial charge on any atom is -0.280 e. The Hall–Kier alpha value is -2.45. The molecule has 0 saturated carbocycles. The summed E-state index contributed by atoms with van der Waals surface area (Å²) in [6, 6.07) is 10.1. The van der Waals surface area contributed by atoms with Gasteiger partial charge < -0.3 is 0 Å². The molecular formula is C15H12ClFN4O2S. The van der Waals surface area contributed by atoms with E-state index in [1.165, 1.54) is 6.33 Å². The van der Waals surface area contributed by atoms with Crippen LogP contribution in [0.5, 0.6) is 0 Å². The van der Waals surface area contributed by atoms with Crippen molar-refractivity contribution in [3.63, 3.8) is 0 Å². The third-order valence-corrected chi connectivity index (χ3v) is 4.89. The lowest BCUT2D eigenvalue weighted by Crippen LogP contribution is -2.13. The Morgan fingerprint density at radius 1 is 1.17 bits per heavy atom. The van der Waals surface area contributed by atoms with Gasteiger partial charge in [-0.3, -0.25) is 4.72 Å². The van der Waals surface area contributed by atoms with Crippen LogP contribution in [-0.4, -0.2) is 23.2 Å². The molecule has 1 heterocycles. The van der Waals surface area contributed by atoms with Crippen molar-refractivity contribution in [3.8, 4) is 0 Å². The van der Waals surface area contributed by atoms with Gasteiger partial charge >= 0.3 is 0 Å². The maximum Gasteiger partial charge on any atom is 0.261 e. The van der Waals surface area contributed by atoms with E-state index in [1.807, 2.05) is 0 Å². The van der Waals surface area contributed by atoms with Gasteiger partial charge in [-0.1, -0.05) is 23.7 Å². The SMILES string of the molecule is O=S(=O)(Nc1ccc(Cn2cncn2)cc1)c1ccc(F)c(Cl)c1. The van der Waals surface area contributed by atoms with E-state index in [0.717, 1.165) is 23.8 Å². The van der Waals surface area contributed by atoms with Crippen molar-refractivity contribution in [1.29, 1.82) is 0 Å². The van der Waals surface area contributed by atoms with Crippen molar-refractivity contribution in [2.45, 2.75) is 11.4 Å². The fourth-order valence-electron chi connectivity index (χ4n) is 2.04. The van der Waals surface area contributed by atoms with E-state index in [-0.39, 0.29) is 9.92 Å². The maximum atomic E-state index is 13.2. The second-order valence-corrected chi connectivity index (χ2v) is 7.06. The van der Waals surface area contributed by atoms with Gasteiger partial charge in [-0.05, 0) is 35.9 Å². The molecule has 6 nitrogen and oxygen atoms in total. The van der Waals surface area contributed by atoms with Gasteiger partial charge in [0.15, 0.2) is 0 Å². The first-order valence-corrected chi connectivity index (χ1v) is 8.69. The second-order valence-electron chi connectivity index (χ2n) is 4.97. The van der Waals surface area contributed by atoms with Crippen molar-refractivity contribution in [3.05, 3.63) is 71.5 Å². The Bertz CT molecular complexity index is 944. The molecule has 0 amide bonds. The predicted octanol–water partition coefficient (Wildman–Crippen LogP) is 2.92. The number of benzene rings is 2. The lowest BCUT2D eigenvalue weighted by atomic mass is 10.2. The van der Waals surface area contributed by atoms with Crippen molar-refractivity contribution in [1.82, 2.24) is 14.8 Å². The summed E-state index contributed by atoms with van der Waals surface area (Å²) in [5.41, 5.74) is 1.33. The summed E-state index contributed by atoms with van der Waals surface area (Å²) in [5, 5.41) is 3.75. The number of anilines is 1. The van der Waals surface area contributed by atoms with Gasteiger partial charge in [0.1, 0.15) is 18.5 Å². The largest absolute Gasteiger partial charge is 0.280 e. The molecule has 0 unspecified atom stereocenters. The van der Waals surface area contributed by atoms with E-state index in [0.29, 0.717) is 12.2 Å². The van der Waals surface area contributed by atoms with Gasteiger partial charge in [0, 0.05) is 5.69 Å². The first-order chi connectivity index (χ1) is 11.4. The highest BCUT2D eigenvalue weighted by molar-refractivity contribution is 7.92. The standard InChI is InChI=1S/C15H12ClFN4O2S/c16-14-7-13(5-6-15(14)17)24(22,23)20-12-3-1-11(2-4-12)8-21-10-18-9-19-21/h1-7,9-10,20H,8H2. The molecule has 2 aromatic carbocycles. The molecule has 0 aliphatic heterocycles. The molecule has 0 atom stereocenters. The molecule has 0 saturated heterocycles. The summed E-state index contributed by atoms with van der Waals surface area (Å²) < 4.78 is 41.8. The van der Waals surface area contributed by atoms with Gasteiger partial charge in [-0.2, -0.15) is 5.10 Å². The second kappa shape index (κ2) is 6.58. The summed E-state index contributed by atoms with van der Waals surface area (Å²) >= 11 is 5.63. The minimum atomic E-state index is -3.84. The van der Waals surface area contributed by atoms with Crippen LogP contribution in [0.2, 0.25) is 5.02 Å². The average Bonchev–Trinajstić information content (AvgIpc) is 3.04. The highest BCUT2D eigenvalue weighted by atomic mass is 35.5. The normalized spacial score (nSPS) is 11.4. The quantitative estimate of drug-likeness (QED) is 0.753. The zero-order chi connectivity index (χ0) is 17.2. The number of halogens is 2. The average molecular weight is 367 g/mol. The van der Waals surface area contributed by atoms with E-state index in [4.69, 9.17) is 11.6 Å². The Morgan fingerprint density at radius 2 is 1.92 bits per heavy atom. The monoisotopic (exact) mass is 366 g/mol. The molecule has 0 radical (unpaired) electrons. The number of hydrogen-bond donors (Lipinski definition) is 1. The molecule has 0 fully saturated rings. The fraction of sp³-hybridized carbons (Fsp3) is 0.0667. The number of aromatic nitrogens is 3. The Balaban J connectivity index is 1.76. The molecular weight excluding hydrogens is 355 g/mol. The van der Waals surface area contributed by atoms with Crippen molar-refractivity contribution in [2.75, 3.05) is 4.72 Å². The van der Waals surface area contributed by atoms with Crippen LogP contribution in [-0.2, 0) is 16.6 Å². The third-order valence-electron chi connectivity index (χ3n) is 3.22. The van der Waals surface area contributed by atoms with Crippen molar-refractivity contribution in [2.24, 2.45) is 0 Å². The summed E-state index contributed by atoms with van der Waals surface area (Å²) in [4.78, 5) is 3.74. The van der Waals surface area contributed by atoms with Crippen molar-refractivity contribution >= 4 is 27.3 Å². The Kier molecular flexibility index (Phi) is 4.50. The summed E-state index contributed by atoms with van der Waals surface area (Å²) in [6.07, 6.45) is 3.03. The van der Waals surface area contributed by atoms with Crippen LogP contribution in [0, 0.1) is 5.82 Å². The molecule has 1 N–H and O–H groups in total. The van der Waals surface area contributed by atoms with Crippen LogP contribution in [0.4, 0.5) is 10.1 Å². The summed E-state index contributed by atoms with van der Waals surface area (Å²) in [6.45, 7) is 0.528. The van der Waals surface area contributed by atoms with Crippen LogP contribution in [0.25, 0.3) is 0 Å². The molecule has 0 spiro atoms. The lowest BCUT2D eigenvalue weighted by Gasteiger charge is -2.09. The fourth-order valence-corrected chi connectivity index (χ4v) is 3.37. The molecule has 1 aromatic heterocycles. The first kappa shape index (κ1) is 16.4. The number of sulfonamides is 1. The van der Waals surface area contributed by atoms with Crippen molar-refractivity contribution < 1.29 is 12.8 Å². The lowest BCUT2D eigenvalue weighted by molar-refractivity contribution is 0.599. The van der Waals surface area contributed by atoms with Gasteiger partial charge in [0.25, 0.3) is 10.0 Å². The molecule has 9 heteroatoms. The van der Waals surface area contributed by atoms with E-state index in [2.05, 4.69) is 14.8 Å². The van der Waals surface area contributed by atoms with Gasteiger partial charge in [-0.15, -0.1) is 0 Å². The molecule has 0 aliphatic rings. The summed E-state index contributed by atoms with van der Waals surface area (Å²) in [7, 11) is -3.84. The number of hydrogen-bond acceptors (Lipinski definition) is 4. The maximum absolute atomic E-state index is 13.2. The highest BCUT2D eigenvalue weighted by Crippen LogP contribution is 2.22. The van der Waals surface area contributed by atoms with E-state index >= 15 is 0 Å². The molecule has 124 valence electrons. The molecule has 3 rings (SSSR count). The minimum absolute atomic E-state index is 0.111. The van der Waals surface area contributed by atoms with E-state index < -0.39 is 15.8 Å². The number of nitrogens with one attached hydrogen (secondary N) is 1. The van der Waals surface area contributed by atoms with Crippen LogP contribution in [0.1, 0.15) is 5.56 Å². The van der Waals surface area contributed by atoms with Crippen LogP contribution >= 0.6 is 11.6 Å². The molecule has 3 aromatic rings. The van der Waals surface area contributed by atoms with Crippen LogP contribution < -0.4 is 4.72 Å². The van der Waals surface area contributed by atoms with Crippen LogP contribution in [0.3, 0.4) is 0 Å². The number of rotatable bonds is 5. The van der Waals surface area contributed by atoms with E-state index in [1.54, 1.807) is 35.3 Å². The Morgan fingerprint density at radius 3 is 2.54 bits per heavy atom. The topological polar surface area (TPSA) is 76.9 Å². The zero-order valence-electron chi connectivity index (χ0n) is 12.2. The number of nitrogens with zero attached hydrogens (tertiary/aromatic N) is 3. The molecule has 0 aliphatic carbocycles. The third kappa shape index (κ3) is 3.72. The van der Waals surface area contributed by atoms with Gasteiger partial charge in [0.05, 0.1) is 16.5 Å². The smallest absolute Gasteiger partial charge is 0.261 e. The zero-order valence-corrected chi connectivity index (χ0v) is 13.8.